The molecule has 0 spiro atoms. The number of carbonyl (C=O) groups excluding carboxylic acids is 3. The highest BCUT2D eigenvalue weighted by Crippen LogP contribution is 2.46. The quantitative estimate of drug-likeness (QED) is 0.601. The monoisotopic (exact) mass is 346 g/mol. The van der Waals surface area contributed by atoms with Crippen molar-refractivity contribution in [2.75, 3.05) is 25.6 Å². The average Bonchev–Trinajstić information content (AvgIpc) is 3.29. The number of methoxy groups -OCH3 is 1. The number of carbonyl (C=O) groups is 3. The largest absolute Gasteiger partial charge is 0.465 e. The summed E-state index contributed by atoms with van der Waals surface area (Å²) in [4.78, 5) is 36.3. The summed E-state index contributed by atoms with van der Waals surface area (Å²) in [6, 6.07) is 6.37. The Hall–Kier alpha value is -2.41. The van der Waals surface area contributed by atoms with Crippen LogP contribution in [0.2, 0.25) is 0 Å². The van der Waals surface area contributed by atoms with Crippen LogP contribution >= 0.6 is 0 Å². The fourth-order valence-electron chi connectivity index (χ4n) is 2.92. The zero-order valence-corrected chi connectivity index (χ0v) is 14.2. The molecule has 25 heavy (non-hydrogen) atoms. The Bertz CT molecular complexity index is 661. The zero-order chi connectivity index (χ0) is 17.9. The maximum atomic E-state index is 12.5. The van der Waals surface area contributed by atoms with Crippen molar-refractivity contribution in [3.8, 4) is 0 Å². The summed E-state index contributed by atoms with van der Waals surface area (Å²) >= 11 is 0. The highest BCUT2D eigenvalue weighted by Gasteiger charge is 2.56. The Morgan fingerprint density at radius 1 is 1.20 bits per heavy atom. The lowest BCUT2D eigenvalue weighted by molar-refractivity contribution is -0.134. The van der Waals surface area contributed by atoms with Gasteiger partial charge in [0.2, 0.25) is 11.8 Å². The van der Waals surface area contributed by atoms with Crippen LogP contribution in [0.3, 0.4) is 0 Å². The molecule has 0 aromatic heterocycles. The van der Waals surface area contributed by atoms with Gasteiger partial charge in [-0.2, -0.15) is 0 Å². The molecule has 2 fully saturated rings. The van der Waals surface area contributed by atoms with Gasteiger partial charge in [-0.3, -0.25) is 9.59 Å². The highest BCUT2D eigenvalue weighted by atomic mass is 16.5. The van der Waals surface area contributed by atoms with E-state index in [2.05, 4.69) is 15.4 Å². The molecule has 1 aromatic carbocycles. The Morgan fingerprint density at radius 3 is 2.48 bits per heavy atom. The van der Waals surface area contributed by atoms with Gasteiger partial charge in [-0.05, 0) is 49.9 Å². The Labute approximate surface area is 146 Å². The van der Waals surface area contributed by atoms with Gasteiger partial charge in [0.05, 0.1) is 18.8 Å². The number of hydrogen-bond donors (Lipinski definition) is 2. The fourth-order valence-corrected chi connectivity index (χ4v) is 2.92. The Morgan fingerprint density at radius 2 is 1.92 bits per heavy atom. The molecule has 1 atom stereocenters. The maximum absolute atomic E-state index is 12.5. The van der Waals surface area contributed by atoms with Crippen LogP contribution in [0.1, 0.15) is 36.0 Å². The van der Waals surface area contributed by atoms with Gasteiger partial charge in [0.25, 0.3) is 0 Å². The topological polar surface area (TPSA) is 93.7 Å². The summed E-state index contributed by atoms with van der Waals surface area (Å²) in [7, 11) is 1.31. The lowest BCUT2D eigenvalue weighted by Crippen LogP contribution is -2.42. The van der Waals surface area contributed by atoms with Gasteiger partial charge in [0, 0.05) is 18.8 Å². The number of anilines is 1. The number of hydrogen-bond acceptors (Lipinski definition) is 5. The third-order valence-corrected chi connectivity index (χ3v) is 4.70. The molecule has 1 aromatic rings. The molecule has 7 heteroatoms. The molecule has 2 aliphatic rings. The number of amides is 2. The standard InChI is InChI=1S/C18H22N2O5/c1-24-15(21)12-4-6-13(7-5-12)20-17(23)18(8-9-18)16(22)19-11-14-3-2-10-25-14/h4-7,14H,2-3,8-11H2,1H3,(H,19,22)(H,20,23). The van der Waals surface area contributed by atoms with E-state index in [9.17, 15) is 14.4 Å². The van der Waals surface area contributed by atoms with Gasteiger partial charge in [-0.25, -0.2) is 4.79 Å². The first-order valence-corrected chi connectivity index (χ1v) is 8.45. The van der Waals surface area contributed by atoms with E-state index >= 15 is 0 Å². The van der Waals surface area contributed by atoms with Crippen LogP contribution in [0.4, 0.5) is 5.69 Å². The minimum atomic E-state index is -0.986. The van der Waals surface area contributed by atoms with Crippen LogP contribution in [0.25, 0.3) is 0 Å². The van der Waals surface area contributed by atoms with E-state index in [1.165, 1.54) is 7.11 Å². The molecule has 134 valence electrons. The van der Waals surface area contributed by atoms with Gasteiger partial charge in [0.15, 0.2) is 0 Å². The van der Waals surface area contributed by atoms with E-state index in [-0.39, 0.29) is 17.9 Å². The number of esters is 1. The fraction of sp³-hybridized carbons (Fsp3) is 0.500. The highest BCUT2D eigenvalue weighted by molar-refractivity contribution is 6.13. The number of benzene rings is 1. The molecular formula is C18H22N2O5. The number of nitrogens with one attached hydrogen (secondary N) is 2. The minimum absolute atomic E-state index is 0.0497. The first kappa shape index (κ1) is 17.4. The molecular weight excluding hydrogens is 324 g/mol. The van der Waals surface area contributed by atoms with E-state index in [0.29, 0.717) is 30.6 Å². The van der Waals surface area contributed by atoms with Crippen molar-refractivity contribution >= 4 is 23.5 Å². The summed E-state index contributed by atoms with van der Waals surface area (Å²) in [5.74, 6) is -1.00. The SMILES string of the molecule is COC(=O)c1ccc(NC(=O)C2(C(=O)NCC3CCCO3)CC2)cc1. The first-order valence-electron chi connectivity index (χ1n) is 8.45. The second-order valence-corrected chi connectivity index (χ2v) is 6.45. The van der Waals surface area contributed by atoms with Gasteiger partial charge in [-0.1, -0.05) is 0 Å². The summed E-state index contributed by atoms with van der Waals surface area (Å²) in [6.45, 7) is 1.18. The van der Waals surface area contributed by atoms with Crippen molar-refractivity contribution in [1.82, 2.24) is 5.32 Å². The smallest absolute Gasteiger partial charge is 0.337 e. The van der Waals surface area contributed by atoms with Gasteiger partial charge >= 0.3 is 5.97 Å². The molecule has 7 nitrogen and oxygen atoms in total. The van der Waals surface area contributed by atoms with Crippen LogP contribution in [0.5, 0.6) is 0 Å². The molecule has 1 aliphatic heterocycles. The molecule has 1 saturated carbocycles. The van der Waals surface area contributed by atoms with Crippen molar-refractivity contribution < 1.29 is 23.9 Å². The van der Waals surface area contributed by atoms with Gasteiger partial charge in [-0.15, -0.1) is 0 Å². The van der Waals surface area contributed by atoms with Crippen molar-refractivity contribution in [2.24, 2.45) is 5.41 Å². The minimum Gasteiger partial charge on any atom is -0.465 e. The van der Waals surface area contributed by atoms with Crippen molar-refractivity contribution in [3.05, 3.63) is 29.8 Å². The van der Waals surface area contributed by atoms with Crippen LogP contribution in [-0.4, -0.2) is 44.1 Å². The molecule has 3 rings (SSSR count). The van der Waals surface area contributed by atoms with E-state index in [0.717, 1.165) is 19.4 Å². The molecule has 0 radical (unpaired) electrons. The van der Waals surface area contributed by atoms with Crippen LogP contribution in [0.15, 0.2) is 24.3 Å². The predicted octanol–water partition coefficient (Wildman–Crippen LogP) is 1.49. The molecule has 1 heterocycles. The molecule has 2 amide bonds. The normalized spacial score (nSPS) is 20.6. The summed E-state index contributed by atoms with van der Waals surface area (Å²) in [5, 5.41) is 5.59. The van der Waals surface area contributed by atoms with Crippen molar-refractivity contribution in [1.29, 1.82) is 0 Å². The third kappa shape index (κ3) is 3.82. The van der Waals surface area contributed by atoms with Crippen molar-refractivity contribution in [2.45, 2.75) is 31.8 Å². The molecule has 2 N–H and O–H groups in total. The van der Waals surface area contributed by atoms with Crippen molar-refractivity contribution in [3.63, 3.8) is 0 Å². The molecule has 1 saturated heterocycles. The van der Waals surface area contributed by atoms with E-state index in [4.69, 9.17) is 4.74 Å². The first-order chi connectivity index (χ1) is 12.0. The van der Waals surface area contributed by atoms with Crippen LogP contribution in [-0.2, 0) is 19.1 Å². The number of rotatable bonds is 6. The third-order valence-electron chi connectivity index (χ3n) is 4.70. The molecule has 0 bridgehead atoms. The summed E-state index contributed by atoms with van der Waals surface area (Å²) < 4.78 is 10.1. The molecule has 1 aliphatic carbocycles. The van der Waals surface area contributed by atoms with E-state index in [1.54, 1.807) is 24.3 Å². The predicted molar refractivity (Wildman–Crippen MR) is 90.1 cm³/mol. The van der Waals surface area contributed by atoms with E-state index < -0.39 is 11.4 Å². The maximum Gasteiger partial charge on any atom is 0.337 e. The second-order valence-electron chi connectivity index (χ2n) is 6.45. The van der Waals surface area contributed by atoms with Gasteiger partial charge in [0.1, 0.15) is 5.41 Å². The van der Waals surface area contributed by atoms with Crippen LogP contribution in [0, 0.1) is 5.41 Å². The summed E-state index contributed by atoms with van der Waals surface area (Å²) in [5.41, 5.74) is -0.0496. The van der Waals surface area contributed by atoms with Crippen LogP contribution < -0.4 is 10.6 Å². The lowest BCUT2D eigenvalue weighted by atomic mass is 10.0. The van der Waals surface area contributed by atoms with Gasteiger partial charge < -0.3 is 20.1 Å². The second kappa shape index (κ2) is 7.23. The summed E-state index contributed by atoms with van der Waals surface area (Å²) in [6.07, 6.45) is 3.07. The zero-order valence-electron chi connectivity index (χ0n) is 14.2. The average molecular weight is 346 g/mol. The van der Waals surface area contributed by atoms with E-state index in [1.807, 2.05) is 0 Å². The molecule has 1 unspecified atom stereocenters. The lowest BCUT2D eigenvalue weighted by Gasteiger charge is -2.17. The Kier molecular flexibility index (Phi) is 5.03. The number of ether oxygens (including phenoxy) is 2. The Balaban J connectivity index is 1.56.